The number of nitrogens with one attached hydrogen (secondary N) is 1. The molecule has 0 fully saturated rings. The van der Waals surface area contributed by atoms with Crippen LogP contribution in [0.5, 0.6) is 0 Å². The number of ether oxygens (including phenoxy) is 1. The number of hydrogen-bond donors (Lipinski definition) is 1. The van der Waals surface area contributed by atoms with Gasteiger partial charge in [-0.1, -0.05) is 92.7 Å². The number of rotatable bonds is 9. The van der Waals surface area contributed by atoms with Crippen LogP contribution in [0.1, 0.15) is 30.7 Å². The number of aryl methyl sites for hydroxylation is 1. The first-order chi connectivity index (χ1) is 17.0. The Bertz CT molecular complexity index is 1260. The third kappa shape index (κ3) is 6.37. The van der Waals surface area contributed by atoms with Crippen molar-refractivity contribution < 1.29 is 9.53 Å². The van der Waals surface area contributed by atoms with Gasteiger partial charge in [0.1, 0.15) is 12.6 Å². The largest absolute Gasteiger partial charge is 0.460 e. The predicted molar refractivity (Wildman–Crippen MR) is 137 cm³/mol. The molecule has 0 radical (unpaired) electrons. The second-order valence-electron chi connectivity index (χ2n) is 8.90. The van der Waals surface area contributed by atoms with E-state index >= 15 is 0 Å². The van der Waals surface area contributed by atoms with E-state index in [4.69, 9.17) is 4.74 Å². The summed E-state index contributed by atoms with van der Waals surface area (Å²) in [6.45, 7) is 6.79. The van der Waals surface area contributed by atoms with Gasteiger partial charge in [-0.15, -0.1) is 10.2 Å². The number of aromatic nitrogens is 3. The van der Waals surface area contributed by atoms with Crippen molar-refractivity contribution in [2.75, 3.05) is 0 Å². The Morgan fingerprint density at radius 3 is 2.23 bits per heavy atom. The summed E-state index contributed by atoms with van der Waals surface area (Å²) in [6, 6.07) is 27.8. The van der Waals surface area contributed by atoms with Crippen LogP contribution in [0.4, 0.5) is 0 Å². The molecule has 0 aliphatic carbocycles. The number of hydrogen-bond acceptors (Lipinski definition) is 6. The highest BCUT2D eigenvalue weighted by Gasteiger charge is 2.23. The first-order valence-electron chi connectivity index (χ1n) is 11.8. The number of benzene rings is 3. The maximum absolute atomic E-state index is 12.7. The van der Waals surface area contributed by atoms with Crippen molar-refractivity contribution in [2.24, 2.45) is 5.92 Å². The van der Waals surface area contributed by atoms with Gasteiger partial charge in [0.05, 0.1) is 11.4 Å². The lowest BCUT2D eigenvalue weighted by atomic mass is 9.96. The second-order valence-corrected chi connectivity index (χ2v) is 8.90. The van der Waals surface area contributed by atoms with E-state index in [1.165, 1.54) is 0 Å². The molecule has 1 aromatic heterocycles. The summed E-state index contributed by atoms with van der Waals surface area (Å²) in [7, 11) is 0. The van der Waals surface area contributed by atoms with Gasteiger partial charge in [0.25, 0.3) is 0 Å². The van der Waals surface area contributed by atoms with Crippen molar-refractivity contribution in [1.82, 2.24) is 20.7 Å². The van der Waals surface area contributed by atoms with E-state index in [0.29, 0.717) is 6.54 Å². The van der Waals surface area contributed by atoms with Gasteiger partial charge in [0.15, 0.2) is 0 Å². The van der Waals surface area contributed by atoms with Crippen LogP contribution in [0.25, 0.3) is 22.4 Å². The third-order valence-electron chi connectivity index (χ3n) is 5.84. The number of carbonyl (C=O) groups is 1. The van der Waals surface area contributed by atoms with Crippen LogP contribution in [0.3, 0.4) is 0 Å². The Morgan fingerprint density at radius 1 is 0.857 bits per heavy atom. The van der Waals surface area contributed by atoms with Crippen molar-refractivity contribution >= 4 is 5.97 Å². The summed E-state index contributed by atoms with van der Waals surface area (Å²) in [5, 5.41) is 15.4. The van der Waals surface area contributed by atoms with Gasteiger partial charge >= 0.3 is 5.97 Å². The molecule has 0 aliphatic rings. The average Bonchev–Trinajstić information content (AvgIpc) is 2.88. The highest BCUT2D eigenvalue weighted by atomic mass is 16.5. The minimum absolute atomic E-state index is 0.106. The van der Waals surface area contributed by atoms with Gasteiger partial charge in [0.2, 0.25) is 0 Å². The molecule has 1 atom stereocenters. The van der Waals surface area contributed by atoms with E-state index in [9.17, 15) is 4.79 Å². The smallest absolute Gasteiger partial charge is 0.323 e. The molecule has 0 aliphatic heterocycles. The zero-order chi connectivity index (χ0) is 24.6. The van der Waals surface area contributed by atoms with Crippen molar-refractivity contribution in [3.8, 4) is 22.4 Å². The molecule has 4 aromatic rings. The molecule has 178 valence electrons. The monoisotopic (exact) mass is 466 g/mol. The number of carbonyl (C=O) groups excluding carboxylic acids is 1. The summed E-state index contributed by atoms with van der Waals surface area (Å²) in [6.07, 6.45) is 0. The molecule has 0 saturated carbocycles. The Morgan fingerprint density at radius 2 is 1.54 bits per heavy atom. The normalized spacial score (nSPS) is 11.9. The lowest BCUT2D eigenvalue weighted by Crippen LogP contribution is -2.41. The van der Waals surface area contributed by atoms with Crippen LogP contribution in [0.15, 0.2) is 84.9 Å². The van der Waals surface area contributed by atoms with Gasteiger partial charge in [-0.3, -0.25) is 4.79 Å². The van der Waals surface area contributed by atoms with Gasteiger partial charge < -0.3 is 10.1 Å². The van der Waals surface area contributed by atoms with Crippen molar-refractivity contribution in [3.63, 3.8) is 0 Å². The molecule has 6 nitrogen and oxygen atoms in total. The molecular weight excluding hydrogens is 436 g/mol. The van der Waals surface area contributed by atoms with E-state index in [-0.39, 0.29) is 24.5 Å². The highest BCUT2D eigenvalue weighted by molar-refractivity contribution is 5.81. The minimum atomic E-state index is -0.382. The molecule has 0 bridgehead atoms. The van der Waals surface area contributed by atoms with E-state index in [1.54, 1.807) is 0 Å². The maximum atomic E-state index is 12.7. The maximum Gasteiger partial charge on any atom is 0.323 e. The molecule has 0 saturated heterocycles. The highest BCUT2D eigenvalue weighted by Crippen LogP contribution is 2.31. The summed E-state index contributed by atoms with van der Waals surface area (Å²) in [5.74, 6) is -0.127. The fourth-order valence-electron chi connectivity index (χ4n) is 3.93. The molecule has 0 unspecified atom stereocenters. The second kappa shape index (κ2) is 11.5. The fourth-order valence-corrected chi connectivity index (χ4v) is 3.93. The first-order valence-corrected chi connectivity index (χ1v) is 11.8. The zero-order valence-corrected chi connectivity index (χ0v) is 20.3. The van der Waals surface area contributed by atoms with Crippen LogP contribution in [0.2, 0.25) is 0 Å². The standard InChI is InChI=1S/C29H30N4O2/c1-20(2)28(29(34)35-19-23-9-5-4-6-10-23)30-18-22-13-15-24(16-14-22)25-11-7-8-12-26(25)27-17-21(3)31-33-32-27/h4-17,20,28,30H,18-19H2,1-3H3/t28-/m0/s1. The van der Waals surface area contributed by atoms with Gasteiger partial charge in [-0.25, -0.2) is 0 Å². The topological polar surface area (TPSA) is 77.0 Å². The van der Waals surface area contributed by atoms with E-state index in [1.807, 2.05) is 75.4 Å². The number of esters is 1. The fraction of sp³-hybridized carbons (Fsp3) is 0.241. The SMILES string of the molecule is Cc1cc(-c2ccccc2-c2ccc(CN[C@H](C(=O)OCc3ccccc3)C(C)C)cc2)nnn1. The lowest BCUT2D eigenvalue weighted by molar-refractivity contribution is -0.148. The predicted octanol–water partition coefficient (Wildman–Crippen LogP) is 5.37. The Balaban J connectivity index is 1.42. The molecule has 1 N–H and O–H groups in total. The summed E-state index contributed by atoms with van der Waals surface area (Å²) in [5.41, 5.74) is 6.87. The van der Waals surface area contributed by atoms with Crippen LogP contribution in [0, 0.1) is 12.8 Å². The Labute approximate surface area is 206 Å². The molecule has 4 rings (SSSR count). The third-order valence-corrected chi connectivity index (χ3v) is 5.84. The minimum Gasteiger partial charge on any atom is -0.460 e. The van der Waals surface area contributed by atoms with Gasteiger partial charge in [-0.05, 0) is 46.4 Å². The molecule has 1 heterocycles. The molecule has 0 amide bonds. The number of nitrogens with zero attached hydrogens (tertiary/aromatic N) is 3. The van der Waals surface area contributed by atoms with E-state index in [0.717, 1.165) is 39.2 Å². The quantitative estimate of drug-likeness (QED) is 0.334. The average molecular weight is 467 g/mol. The summed E-state index contributed by atoms with van der Waals surface area (Å²) >= 11 is 0. The van der Waals surface area contributed by atoms with Crippen LogP contribution in [-0.4, -0.2) is 27.4 Å². The first kappa shape index (κ1) is 24.2. The molecule has 0 spiro atoms. The van der Waals surface area contributed by atoms with Gasteiger partial charge in [-0.2, -0.15) is 0 Å². The molecule has 35 heavy (non-hydrogen) atoms. The van der Waals surface area contributed by atoms with Crippen LogP contribution >= 0.6 is 0 Å². The molecule has 3 aromatic carbocycles. The van der Waals surface area contributed by atoms with Crippen molar-refractivity contribution in [3.05, 3.63) is 102 Å². The summed E-state index contributed by atoms with van der Waals surface area (Å²) < 4.78 is 5.56. The van der Waals surface area contributed by atoms with E-state index in [2.05, 4.69) is 51.1 Å². The van der Waals surface area contributed by atoms with E-state index < -0.39 is 0 Å². The molecule has 6 heteroatoms. The lowest BCUT2D eigenvalue weighted by Gasteiger charge is -2.21. The van der Waals surface area contributed by atoms with Crippen LogP contribution < -0.4 is 5.32 Å². The Hall–Kier alpha value is -3.90. The van der Waals surface area contributed by atoms with Crippen molar-refractivity contribution in [1.29, 1.82) is 0 Å². The van der Waals surface area contributed by atoms with Gasteiger partial charge in [0, 0.05) is 12.1 Å². The Kier molecular flexibility index (Phi) is 7.95. The zero-order valence-electron chi connectivity index (χ0n) is 20.3. The van der Waals surface area contributed by atoms with Crippen LogP contribution in [-0.2, 0) is 22.7 Å². The molecular formula is C29H30N4O2. The summed E-state index contributed by atoms with van der Waals surface area (Å²) in [4.78, 5) is 12.7. The van der Waals surface area contributed by atoms with Crippen molar-refractivity contribution in [2.45, 2.75) is 40.0 Å².